The molecule has 0 aliphatic carbocycles. The van der Waals surface area contributed by atoms with Crippen LogP contribution in [0.5, 0.6) is 0 Å². The molecule has 144 valence electrons. The second-order valence-electron chi connectivity index (χ2n) is 6.39. The minimum atomic E-state index is -0.479. The van der Waals surface area contributed by atoms with Crippen molar-refractivity contribution in [2.45, 2.75) is 0 Å². The SMILES string of the molecule is Nc1c(C(=O)Nc2ccc(F)cc2)c2ccccn2c1C(=O)c1ccc(Br)cc1. The first-order valence-corrected chi connectivity index (χ1v) is 9.50. The van der Waals surface area contributed by atoms with Gasteiger partial charge in [-0.15, -0.1) is 0 Å². The Labute approximate surface area is 174 Å². The molecule has 0 fully saturated rings. The number of carbonyl (C=O) groups is 2. The number of hydrogen-bond donors (Lipinski definition) is 2. The number of nitrogens with two attached hydrogens (primary N) is 1. The fraction of sp³-hybridized carbons (Fsp3) is 0. The zero-order chi connectivity index (χ0) is 20.5. The summed E-state index contributed by atoms with van der Waals surface area (Å²) >= 11 is 3.35. The second-order valence-corrected chi connectivity index (χ2v) is 7.31. The van der Waals surface area contributed by atoms with Crippen LogP contribution in [0.15, 0.2) is 77.4 Å². The summed E-state index contributed by atoms with van der Waals surface area (Å²) in [4.78, 5) is 26.1. The molecule has 0 spiro atoms. The average molecular weight is 452 g/mol. The van der Waals surface area contributed by atoms with Crippen molar-refractivity contribution in [1.29, 1.82) is 0 Å². The number of ketones is 1. The molecule has 2 heterocycles. The molecule has 0 radical (unpaired) electrons. The van der Waals surface area contributed by atoms with Gasteiger partial charge in [0.25, 0.3) is 5.91 Å². The van der Waals surface area contributed by atoms with E-state index in [1.807, 2.05) is 0 Å². The highest BCUT2D eigenvalue weighted by atomic mass is 79.9. The third-order valence-electron chi connectivity index (χ3n) is 4.53. The van der Waals surface area contributed by atoms with Crippen molar-refractivity contribution in [2.75, 3.05) is 11.1 Å². The topological polar surface area (TPSA) is 76.6 Å². The quantitative estimate of drug-likeness (QED) is 0.433. The fourth-order valence-electron chi connectivity index (χ4n) is 3.16. The second kappa shape index (κ2) is 7.52. The van der Waals surface area contributed by atoms with Gasteiger partial charge in [-0.05, 0) is 60.7 Å². The molecule has 4 rings (SSSR count). The predicted molar refractivity (Wildman–Crippen MR) is 114 cm³/mol. The van der Waals surface area contributed by atoms with Gasteiger partial charge in [-0.1, -0.05) is 22.0 Å². The van der Waals surface area contributed by atoms with Crippen molar-refractivity contribution in [1.82, 2.24) is 4.40 Å². The van der Waals surface area contributed by atoms with Crippen molar-refractivity contribution in [3.05, 3.63) is 100 Å². The van der Waals surface area contributed by atoms with Gasteiger partial charge >= 0.3 is 0 Å². The molecule has 1 amide bonds. The Balaban J connectivity index is 1.80. The van der Waals surface area contributed by atoms with Crippen LogP contribution in [-0.2, 0) is 0 Å². The number of anilines is 2. The largest absolute Gasteiger partial charge is 0.396 e. The molecule has 29 heavy (non-hydrogen) atoms. The molecule has 0 saturated carbocycles. The van der Waals surface area contributed by atoms with Gasteiger partial charge < -0.3 is 15.5 Å². The number of aromatic nitrogens is 1. The molecular formula is C22H15BrFN3O2. The first-order valence-electron chi connectivity index (χ1n) is 8.71. The number of fused-ring (bicyclic) bond motifs is 1. The monoisotopic (exact) mass is 451 g/mol. The van der Waals surface area contributed by atoms with E-state index in [1.54, 1.807) is 53.1 Å². The van der Waals surface area contributed by atoms with Gasteiger partial charge in [-0.3, -0.25) is 9.59 Å². The Morgan fingerprint density at radius 2 is 1.66 bits per heavy atom. The highest BCUT2D eigenvalue weighted by molar-refractivity contribution is 9.10. The van der Waals surface area contributed by atoms with Crippen molar-refractivity contribution in [3.63, 3.8) is 0 Å². The van der Waals surface area contributed by atoms with Crippen LogP contribution in [0.25, 0.3) is 5.52 Å². The van der Waals surface area contributed by atoms with Crippen LogP contribution in [0.3, 0.4) is 0 Å². The van der Waals surface area contributed by atoms with Crippen LogP contribution in [0.2, 0.25) is 0 Å². The number of nitrogens with zero attached hydrogens (tertiary/aromatic N) is 1. The average Bonchev–Trinajstić information content (AvgIpc) is 3.01. The smallest absolute Gasteiger partial charge is 0.259 e. The van der Waals surface area contributed by atoms with Crippen LogP contribution >= 0.6 is 15.9 Å². The van der Waals surface area contributed by atoms with Crippen molar-refractivity contribution in [3.8, 4) is 0 Å². The molecule has 4 aromatic rings. The molecule has 7 heteroatoms. The van der Waals surface area contributed by atoms with Crippen LogP contribution in [0.1, 0.15) is 26.4 Å². The molecule has 2 aromatic heterocycles. The number of hydrogen-bond acceptors (Lipinski definition) is 3. The van der Waals surface area contributed by atoms with E-state index in [1.165, 1.54) is 24.3 Å². The Morgan fingerprint density at radius 3 is 2.34 bits per heavy atom. The lowest BCUT2D eigenvalue weighted by Gasteiger charge is -2.05. The molecule has 0 aliphatic rings. The summed E-state index contributed by atoms with van der Waals surface area (Å²) in [6.45, 7) is 0. The van der Waals surface area contributed by atoms with Crippen LogP contribution < -0.4 is 11.1 Å². The van der Waals surface area contributed by atoms with Crippen molar-refractivity contribution >= 4 is 44.5 Å². The highest BCUT2D eigenvalue weighted by Crippen LogP contribution is 2.29. The van der Waals surface area contributed by atoms with E-state index in [2.05, 4.69) is 21.2 Å². The Morgan fingerprint density at radius 1 is 0.966 bits per heavy atom. The number of rotatable bonds is 4. The molecule has 0 aliphatic heterocycles. The van der Waals surface area contributed by atoms with Gasteiger partial charge in [-0.25, -0.2) is 4.39 Å². The summed E-state index contributed by atoms with van der Waals surface area (Å²) in [6.07, 6.45) is 1.69. The number of pyridine rings is 1. The number of carbonyl (C=O) groups excluding carboxylic acids is 2. The van der Waals surface area contributed by atoms with Crippen molar-refractivity contribution < 1.29 is 14.0 Å². The van der Waals surface area contributed by atoms with Crippen LogP contribution in [0.4, 0.5) is 15.8 Å². The van der Waals surface area contributed by atoms with Gasteiger partial charge in [0.1, 0.15) is 11.5 Å². The van der Waals surface area contributed by atoms with Gasteiger partial charge in [-0.2, -0.15) is 0 Å². The summed E-state index contributed by atoms with van der Waals surface area (Å²) in [5, 5.41) is 2.70. The van der Waals surface area contributed by atoms with Gasteiger partial charge in [0.05, 0.1) is 16.8 Å². The Kier molecular flexibility index (Phi) is 4.90. The maximum absolute atomic E-state index is 13.1. The van der Waals surface area contributed by atoms with E-state index in [0.717, 1.165) is 4.47 Å². The number of benzene rings is 2. The molecule has 0 saturated heterocycles. The lowest BCUT2D eigenvalue weighted by Crippen LogP contribution is -2.14. The van der Waals surface area contributed by atoms with Crippen LogP contribution in [0, 0.1) is 5.82 Å². The minimum Gasteiger partial charge on any atom is -0.396 e. The van der Waals surface area contributed by atoms with E-state index < -0.39 is 11.7 Å². The standard InChI is InChI=1S/C22H15BrFN3O2/c23-14-6-4-13(5-7-14)21(28)20-19(25)18(17-3-1-2-12-27(17)20)22(29)26-16-10-8-15(24)9-11-16/h1-12H,25H2,(H,26,29). The first-order chi connectivity index (χ1) is 14.0. The predicted octanol–water partition coefficient (Wildman–Crippen LogP) is 4.91. The Bertz CT molecular complexity index is 1230. The normalized spacial score (nSPS) is 10.8. The summed E-state index contributed by atoms with van der Waals surface area (Å²) in [5.74, 6) is -1.18. The molecule has 0 unspecified atom stereocenters. The van der Waals surface area contributed by atoms with E-state index in [4.69, 9.17) is 5.73 Å². The van der Waals surface area contributed by atoms with Gasteiger partial charge in [0.15, 0.2) is 0 Å². The molecule has 2 aromatic carbocycles. The van der Waals surface area contributed by atoms with Gasteiger partial charge in [0, 0.05) is 21.9 Å². The summed E-state index contributed by atoms with van der Waals surface area (Å²) in [7, 11) is 0. The lowest BCUT2D eigenvalue weighted by atomic mass is 10.1. The molecule has 3 N–H and O–H groups in total. The van der Waals surface area contributed by atoms with E-state index in [9.17, 15) is 14.0 Å². The van der Waals surface area contributed by atoms with E-state index in [0.29, 0.717) is 16.8 Å². The number of amides is 1. The maximum Gasteiger partial charge on any atom is 0.259 e. The van der Waals surface area contributed by atoms with Crippen molar-refractivity contribution in [2.24, 2.45) is 0 Å². The summed E-state index contributed by atoms with van der Waals surface area (Å²) in [6, 6.07) is 17.5. The van der Waals surface area contributed by atoms with Gasteiger partial charge in [0.2, 0.25) is 5.78 Å². The number of nitrogens with one attached hydrogen (secondary N) is 1. The van der Waals surface area contributed by atoms with E-state index >= 15 is 0 Å². The zero-order valence-electron chi connectivity index (χ0n) is 15.0. The fourth-order valence-corrected chi connectivity index (χ4v) is 3.43. The molecule has 0 bridgehead atoms. The maximum atomic E-state index is 13.1. The molecular weight excluding hydrogens is 437 g/mol. The zero-order valence-corrected chi connectivity index (χ0v) is 16.6. The summed E-state index contributed by atoms with van der Waals surface area (Å²) in [5.41, 5.74) is 8.16. The molecule has 5 nitrogen and oxygen atoms in total. The highest BCUT2D eigenvalue weighted by Gasteiger charge is 2.26. The first kappa shape index (κ1) is 18.9. The third-order valence-corrected chi connectivity index (χ3v) is 5.06. The summed E-state index contributed by atoms with van der Waals surface area (Å²) < 4.78 is 15.6. The van der Waals surface area contributed by atoms with E-state index in [-0.39, 0.29) is 22.7 Å². The minimum absolute atomic E-state index is 0.0868. The number of nitrogen functional groups attached to an aromatic ring is 1. The number of halogens is 2. The Hall–Kier alpha value is -3.45. The lowest BCUT2D eigenvalue weighted by molar-refractivity contribution is 0.102. The molecule has 0 atom stereocenters. The van der Waals surface area contributed by atoms with Crippen LogP contribution in [-0.4, -0.2) is 16.1 Å². The third kappa shape index (κ3) is 3.52.